The van der Waals surface area contributed by atoms with Gasteiger partial charge in [0.2, 0.25) is 0 Å². The van der Waals surface area contributed by atoms with Gasteiger partial charge in [-0.25, -0.2) is 4.79 Å². The molecular weight excluding hydrogens is 308 g/mol. The van der Waals surface area contributed by atoms with Gasteiger partial charge in [0.15, 0.2) is 5.88 Å². The first-order valence-electron chi connectivity index (χ1n) is 7.77. The molecule has 3 rings (SSSR count). The SMILES string of the molecule is CCN(CC)c1ccc(C=Nn2c(=O)[nH]c3ccccc3c2=O)o1. The standard InChI is InChI=1S/C17H18N4O3/c1-3-20(4-2)15-10-9-12(24-15)11-18-21-16(22)13-7-5-6-8-14(13)19-17(21)23/h5-11H,3-4H2,1-2H3,(H,19,23). The van der Waals surface area contributed by atoms with Crippen molar-refractivity contribution in [2.45, 2.75) is 13.8 Å². The summed E-state index contributed by atoms with van der Waals surface area (Å²) in [5.41, 5.74) is -0.577. The van der Waals surface area contributed by atoms with E-state index in [0.29, 0.717) is 16.7 Å². The van der Waals surface area contributed by atoms with Crippen LogP contribution in [-0.2, 0) is 0 Å². The number of nitrogens with one attached hydrogen (secondary N) is 1. The highest BCUT2D eigenvalue weighted by atomic mass is 16.4. The van der Waals surface area contributed by atoms with E-state index in [1.54, 1.807) is 30.3 Å². The minimum absolute atomic E-state index is 0.400. The van der Waals surface area contributed by atoms with Gasteiger partial charge in [-0.2, -0.15) is 5.10 Å². The number of benzene rings is 1. The van der Waals surface area contributed by atoms with E-state index in [2.05, 4.69) is 10.1 Å². The van der Waals surface area contributed by atoms with Gasteiger partial charge in [0.05, 0.1) is 17.1 Å². The number of aromatic amines is 1. The second-order valence-corrected chi connectivity index (χ2v) is 5.19. The second kappa shape index (κ2) is 6.57. The number of nitrogens with zero attached hydrogens (tertiary/aromatic N) is 3. The first-order chi connectivity index (χ1) is 11.6. The second-order valence-electron chi connectivity index (χ2n) is 5.19. The van der Waals surface area contributed by atoms with Crippen molar-refractivity contribution in [1.29, 1.82) is 0 Å². The van der Waals surface area contributed by atoms with E-state index in [-0.39, 0.29) is 0 Å². The number of furan rings is 1. The minimum Gasteiger partial charge on any atom is -0.440 e. The molecule has 0 radical (unpaired) electrons. The third-order valence-electron chi connectivity index (χ3n) is 3.77. The Kier molecular flexibility index (Phi) is 4.33. The number of hydrogen-bond donors (Lipinski definition) is 1. The number of aromatic nitrogens is 2. The Morgan fingerprint density at radius 2 is 1.92 bits per heavy atom. The number of hydrogen-bond acceptors (Lipinski definition) is 5. The highest BCUT2D eigenvalue weighted by molar-refractivity contribution is 5.78. The summed E-state index contributed by atoms with van der Waals surface area (Å²) >= 11 is 0. The molecule has 2 aromatic heterocycles. The Balaban J connectivity index is 1.97. The fourth-order valence-electron chi connectivity index (χ4n) is 2.49. The average molecular weight is 326 g/mol. The van der Waals surface area contributed by atoms with Crippen molar-refractivity contribution in [3.63, 3.8) is 0 Å². The predicted octanol–water partition coefficient (Wildman–Crippen LogP) is 2.01. The zero-order valence-electron chi connectivity index (χ0n) is 13.5. The summed E-state index contributed by atoms with van der Waals surface area (Å²) in [5, 5.41) is 4.37. The predicted molar refractivity (Wildman–Crippen MR) is 94.1 cm³/mol. The molecule has 0 aliphatic rings. The Hall–Kier alpha value is -3.09. The summed E-state index contributed by atoms with van der Waals surface area (Å²) in [6.07, 6.45) is 1.36. The van der Waals surface area contributed by atoms with Crippen LogP contribution < -0.4 is 16.1 Å². The van der Waals surface area contributed by atoms with Crippen molar-refractivity contribution in [2.75, 3.05) is 18.0 Å². The van der Waals surface area contributed by atoms with Gasteiger partial charge >= 0.3 is 5.69 Å². The lowest BCUT2D eigenvalue weighted by Crippen LogP contribution is -2.32. The highest BCUT2D eigenvalue weighted by Crippen LogP contribution is 2.16. The van der Waals surface area contributed by atoms with Crippen molar-refractivity contribution in [2.24, 2.45) is 5.10 Å². The van der Waals surface area contributed by atoms with Gasteiger partial charge in [0.25, 0.3) is 5.56 Å². The van der Waals surface area contributed by atoms with E-state index < -0.39 is 11.2 Å². The van der Waals surface area contributed by atoms with Gasteiger partial charge in [-0.1, -0.05) is 12.1 Å². The Morgan fingerprint density at radius 1 is 1.17 bits per heavy atom. The van der Waals surface area contributed by atoms with Crippen LogP contribution in [0.15, 0.2) is 55.5 Å². The van der Waals surface area contributed by atoms with Crippen molar-refractivity contribution in [1.82, 2.24) is 9.66 Å². The molecule has 124 valence electrons. The van der Waals surface area contributed by atoms with Crippen LogP contribution in [0, 0.1) is 0 Å². The third-order valence-corrected chi connectivity index (χ3v) is 3.77. The van der Waals surface area contributed by atoms with Gasteiger partial charge < -0.3 is 14.3 Å². The van der Waals surface area contributed by atoms with E-state index in [4.69, 9.17) is 4.42 Å². The molecule has 7 nitrogen and oxygen atoms in total. The molecular formula is C17H18N4O3. The molecule has 0 spiro atoms. The fourth-order valence-corrected chi connectivity index (χ4v) is 2.49. The van der Waals surface area contributed by atoms with Gasteiger partial charge in [-0.3, -0.25) is 4.79 Å². The largest absolute Gasteiger partial charge is 0.440 e. The first-order valence-corrected chi connectivity index (χ1v) is 7.77. The topological polar surface area (TPSA) is 83.6 Å². The number of fused-ring (bicyclic) bond motifs is 1. The van der Waals surface area contributed by atoms with Crippen LogP contribution in [0.4, 0.5) is 5.88 Å². The Bertz CT molecular complexity index is 993. The maximum absolute atomic E-state index is 12.4. The lowest BCUT2D eigenvalue weighted by molar-refractivity contribution is 0.543. The summed E-state index contributed by atoms with van der Waals surface area (Å²) in [7, 11) is 0. The van der Waals surface area contributed by atoms with E-state index in [1.165, 1.54) is 6.21 Å². The molecule has 0 saturated carbocycles. The molecule has 0 amide bonds. The van der Waals surface area contributed by atoms with E-state index >= 15 is 0 Å². The number of rotatable bonds is 5. The molecule has 0 fully saturated rings. The van der Waals surface area contributed by atoms with Crippen LogP contribution in [0.1, 0.15) is 19.6 Å². The molecule has 2 heterocycles. The Labute approximate surface area is 137 Å². The fraction of sp³-hybridized carbons (Fsp3) is 0.235. The van der Waals surface area contributed by atoms with Crippen LogP contribution in [-0.4, -0.2) is 29.0 Å². The number of para-hydroxylation sites is 1. The zero-order chi connectivity index (χ0) is 17.1. The van der Waals surface area contributed by atoms with Crippen molar-refractivity contribution >= 4 is 23.0 Å². The molecule has 3 aromatic rings. The van der Waals surface area contributed by atoms with E-state index in [0.717, 1.165) is 23.6 Å². The minimum atomic E-state index is -0.592. The number of anilines is 1. The molecule has 0 bridgehead atoms. The van der Waals surface area contributed by atoms with Crippen molar-refractivity contribution in [3.05, 3.63) is 63.0 Å². The zero-order valence-corrected chi connectivity index (χ0v) is 13.5. The maximum atomic E-state index is 12.4. The highest BCUT2D eigenvalue weighted by Gasteiger charge is 2.08. The molecule has 0 aliphatic heterocycles. The van der Waals surface area contributed by atoms with E-state index in [1.807, 2.05) is 24.8 Å². The van der Waals surface area contributed by atoms with Crippen LogP contribution in [0.2, 0.25) is 0 Å². The molecule has 1 N–H and O–H groups in total. The maximum Gasteiger partial charge on any atom is 0.349 e. The molecule has 1 aromatic carbocycles. The van der Waals surface area contributed by atoms with Crippen molar-refractivity contribution in [3.8, 4) is 0 Å². The van der Waals surface area contributed by atoms with Crippen molar-refractivity contribution < 1.29 is 4.42 Å². The molecule has 0 saturated heterocycles. The molecule has 0 unspecified atom stereocenters. The lowest BCUT2D eigenvalue weighted by Gasteiger charge is -2.16. The molecule has 7 heteroatoms. The molecule has 24 heavy (non-hydrogen) atoms. The van der Waals surface area contributed by atoms with Crippen LogP contribution in [0.5, 0.6) is 0 Å². The summed E-state index contributed by atoms with van der Waals surface area (Å²) < 4.78 is 6.46. The third kappa shape index (κ3) is 2.88. The van der Waals surface area contributed by atoms with Gasteiger partial charge in [-0.05, 0) is 32.0 Å². The molecule has 0 atom stereocenters. The van der Waals surface area contributed by atoms with E-state index in [9.17, 15) is 9.59 Å². The summed E-state index contributed by atoms with van der Waals surface area (Å²) in [4.78, 5) is 29.1. The number of H-pyrrole nitrogens is 1. The summed E-state index contributed by atoms with van der Waals surface area (Å²) in [5.74, 6) is 1.19. The summed E-state index contributed by atoms with van der Waals surface area (Å²) in [6, 6.07) is 10.4. The van der Waals surface area contributed by atoms with Gasteiger partial charge in [0, 0.05) is 19.2 Å². The lowest BCUT2D eigenvalue weighted by atomic mass is 10.2. The quantitative estimate of drug-likeness (QED) is 0.727. The normalized spacial score (nSPS) is 11.4. The van der Waals surface area contributed by atoms with Crippen LogP contribution in [0.25, 0.3) is 10.9 Å². The first kappa shape index (κ1) is 15.8. The molecule has 0 aliphatic carbocycles. The van der Waals surface area contributed by atoms with Crippen LogP contribution in [0.3, 0.4) is 0 Å². The monoisotopic (exact) mass is 326 g/mol. The average Bonchev–Trinajstić information content (AvgIpc) is 3.04. The Morgan fingerprint density at radius 3 is 2.67 bits per heavy atom. The smallest absolute Gasteiger partial charge is 0.349 e. The summed E-state index contributed by atoms with van der Waals surface area (Å²) in [6.45, 7) is 5.72. The van der Waals surface area contributed by atoms with Gasteiger partial charge in [-0.15, -0.1) is 4.68 Å². The van der Waals surface area contributed by atoms with Gasteiger partial charge in [0.1, 0.15) is 5.76 Å². The van der Waals surface area contributed by atoms with Crippen LogP contribution >= 0.6 is 0 Å².